The van der Waals surface area contributed by atoms with Crippen molar-refractivity contribution in [2.75, 3.05) is 31.5 Å². The second-order valence-electron chi connectivity index (χ2n) is 6.16. The van der Waals surface area contributed by atoms with Crippen LogP contribution in [0.25, 0.3) is 0 Å². The van der Waals surface area contributed by atoms with Crippen molar-refractivity contribution in [3.63, 3.8) is 0 Å². The van der Waals surface area contributed by atoms with Gasteiger partial charge in [-0.2, -0.15) is 0 Å². The minimum atomic E-state index is -0.248. The molecule has 1 amide bonds. The first kappa shape index (κ1) is 19.4. The molecule has 2 N–H and O–H groups in total. The highest BCUT2D eigenvalue weighted by atomic mass is 35.5. The number of carbonyl (C=O) groups excluding carboxylic acids is 1. The van der Waals surface area contributed by atoms with Gasteiger partial charge in [-0.15, -0.1) is 12.4 Å². The molecule has 25 heavy (non-hydrogen) atoms. The van der Waals surface area contributed by atoms with Crippen molar-refractivity contribution in [3.8, 4) is 0 Å². The number of aryl methyl sites for hydroxylation is 1. The lowest BCUT2D eigenvalue weighted by Gasteiger charge is -2.36. The fraction of sp³-hybridized carbons (Fsp3) is 0.316. The first-order valence-electron chi connectivity index (χ1n) is 8.18. The van der Waals surface area contributed by atoms with Crippen molar-refractivity contribution < 1.29 is 9.18 Å². The van der Waals surface area contributed by atoms with Crippen molar-refractivity contribution in [1.82, 2.24) is 10.2 Å². The molecule has 0 aromatic heterocycles. The summed E-state index contributed by atoms with van der Waals surface area (Å²) < 4.78 is 13.5. The summed E-state index contributed by atoms with van der Waals surface area (Å²) in [6.45, 7) is 4.58. The van der Waals surface area contributed by atoms with Gasteiger partial charge in [0, 0.05) is 31.4 Å². The molecule has 1 heterocycles. The van der Waals surface area contributed by atoms with Crippen LogP contribution >= 0.6 is 12.4 Å². The summed E-state index contributed by atoms with van der Waals surface area (Å²) in [4.78, 5) is 14.5. The Kier molecular flexibility index (Phi) is 6.93. The molecule has 0 saturated carbocycles. The molecule has 3 rings (SSSR count). The molecule has 0 aliphatic carbocycles. The van der Waals surface area contributed by atoms with Gasteiger partial charge < -0.3 is 10.6 Å². The van der Waals surface area contributed by atoms with E-state index in [0.717, 1.165) is 29.9 Å². The Morgan fingerprint density at radius 3 is 2.76 bits per heavy atom. The standard InChI is InChI=1S/C19H22FN3O.ClH/c1-14-5-7-17(8-6-14)22-19(24)13-23-10-9-21-12-18(23)15-3-2-4-16(20)11-15;/h2-8,11,18,21H,9-10,12-13H2,1H3,(H,22,24);1H. The van der Waals surface area contributed by atoms with E-state index in [4.69, 9.17) is 0 Å². The van der Waals surface area contributed by atoms with E-state index in [0.29, 0.717) is 6.54 Å². The van der Waals surface area contributed by atoms with Crippen LogP contribution in [0.2, 0.25) is 0 Å². The van der Waals surface area contributed by atoms with Crippen LogP contribution in [0.1, 0.15) is 17.2 Å². The van der Waals surface area contributed by atoms with Crippen LogP contribution in [0, 0.1) is 12.7 Å². The SMILES string of the molecule is Cc1ccc(NC(=O)CN2CCNCC2c2cccc(F)c2)cc1.Cl. The lowest BCUT2D eigenvalue weighted by atomic mass is 10.0. The van der Waals surface area contributed by atoms with Crippen molar-refractivity contribution in [3.05, 3.63) is 65.5 Å². The summed E-state index contributed by atoms with van der Waals surface area (Å²) in [6.07, 6.45) is 0. The zero-order valence-corrected chi connectivity index (χ0v) is 15.0. The van der Waals surface area contributed by atoms with E-state index in [2.05, 4.69) is 15.5 Å². The van der Waals surface area contributed by atoms with E-state index < -0.39 is 0 Å². The molecule has 6 heteroatoms. The number of nitrogens with one attached hydrogen (secondary N) is 2. The van der Waals surface area contributed by atoms with Crippen LogP contribution in [-0.4, -0.2) is 37.0 Å². The monoisotopic (exact) mass is 363 g/mol. The van der Waals surface area contributed by atoms with Gasteiger partial charge in [0.15, 0.2) is 0 Å². The summed E-state index contributed by atoms with van der Waals surface area (Å²) in [5, 5.41) is 6.24. The van der Waals surface area contributed by atoms with E-state index in [1.54, 1.807) is 12.1 Å². The van der Waals surface area contributed by atoms with Gasteiger partial charge in [-0.05, 0) is 36.8 Å². The molecular formula is C19H23ClFN3O. The van der Waals surface area contributed by atoms with Crippen LogP contribution < -0.4 is 10.6 Å². The van der Waals surface area contributed by atoms with Gasteiger partial charge in [-0.1, -0.05) is 29.8 Å². The van der Waals surface area contributed by atoms with Crippen LogP contribution in [0.5, 0.6) is 0 Å². The predicted octanol–water partition coefficient (Wildman–Crippen LogP) is 3.14. The van der Waals surface area contributed by atoms with Crippen LogP contribution in [0.3, 0.4) is 0 Å². The van der Waals surface area contributed by atoms with Crippen molar-refractivity contribution in [2.24, 2.45) is 0 Å². The van der Waals surface area contributed by atoms with Crippen molar-refractivity contribution in [2.45, 2.75) is 13.0 Å². The van der Waals surface area contributed by atoms with E-state index in [1.807, 2.05) is 37.3 Å². The first-order valence-corrected chi connectivity index (χ1v) is 8.18. The molecule has 1 fully saturated rings. The van der Waals surface area contributed by atoms with Gasteiger partial charge >= 0.3 is 0 Å². The number of carbonyl (C=O) groups is 1. The molecule has 0 spiro atoms. The molecule has 4 nitrogen and oxygen atoms in total. The first-order chi connectivity index (χ1) is 11.6. The number of halogens is 2. The number of anilines is 1. The van der Waals surface area contributed by atoms with Crippen LogP contribution in [0.15, 0.2) is 48.5 Å². The highest BCUT2D eigenvalue weighted by molar-refractivity contribution is 5.92. The fourth-order valence-electron chi connectivity index (χ4n) is 3.00. The number of nitrogens with zero attached hydrogens (tertiary/aromatic N) is 1. The number of amides is 1. The average Bonchev–Trinajstić information content (AvgIpc) is 2.57. The van der Waals surface area contributed by atoms with E-state index in [1.165, 1.54) is 6.07 Å². The lowest BCUT2D eigenvalue weighted by Crippen LogP contribution is -2.48. The molecule has 2 aromatic rings. The highest BCUT2D eigenvalue weighted by Gasteiger charge is 2.25. The summed E-state index contributed by atoms with van der Waals surface area (Å²) in [5.74, 6) is -0.302. The molecule has 1 aliphatic heterocycles. The van der Waals surface area contributed by atoms with Crippen molar-refractivity contribution in [1.29, 1.82) is 0 Å². The Morgan fingerprint density at radius 2 is 2.04 bits per heavy atom. The van der Waals surface area contributed by atoms with Crippen molar-refractivity contribution >= 4 is 24.0 Å². The fourth-order valence-corrected chi connectivity index (χ4v) is 3.00. The largest absolute Gasteiger partial charge is 0.325 e. The molecule has 1 atom stereocenters. The predicted molar refractivity (Wildman–Crippen MR) is 101 cm³/mol. The van der Waals surface area contributed by atoms with E-state index >= 15 is 0 Å². The topological polar surface area (TPSA) is 44.4 Å². The number of rotatable bonds is 4. The Labute approximate surface area is 153 Å². The van der Waals surface area contributed by atoms with Gasteiger partial charge in [0.25, 0.3) is 0 Å². The maximum absolute atomic E-state index is 13.5. The smallest absolute Gasteiger partial charge is 0.238 e. The van der Waals surface area contributed by atoms with Gasteiger partial charge in [0.1, 0.15) is 5.82 Å². The molecule has 2 aromatic carbocycles. The number of benzene rings is 2. The third-order valence-corrected chi connectivity index (χ3v) is 4.27. The summed E-state index contributed by atoms with van der Waals surface area (Å²) in [7, 11) is 0. The van der Waals surface area contributed by atoms with Gasteiger partial charge in [-0.25, -0.2) is 4.39 Å². The number of hydrogen-bond donors (Lipinski definition) is 2. The summed E-state index contributed by atoms with van der Waals surface area (Å²) >= 11 is 0. The minimum Gasteiger partial charge on any atom is -0.325 e. The molecule has 134 valence electrons. The van der Waals surface area contributed by atoms with Gasteiger partial charge in [0.05, 0.1) is 6.54 Å². The molecule has 1 unspecified atom stereocenters. The van der Waals surface area contributed by atoms with Gasteiger partial charge in [0.2, 0.25) is 5.91 Å². The third-order valence-electron chi connectivity index (χ3n) is 4.27. The molecule has 0 radical (unpaired) electrons. The Hall–Kier alpha value is -1.95. The molecule has 1 saturated heterocycles. The van der Waals surface area contributed by atoms with E-state index in [9.17, 15) is 9.18 Å². The normalized spacial score (nSPS) is 17.6. The molecule has 0 bridgehead atoms. The Bertz CT molecular complexity index is 708. The number of piperazine rings is 1. The minimum absolute atomic E-state index is 0. The molecule has 1 aliphatic rings. The maximum Gasteiger partial charge on any atom is 0.238 e. The quantitative estimate of drug-likeness (QED) is 0.877. The van der Waals surface area contributed by atoms with Gasteiger partial charge in [-0.3, -0.25) is 9.69 Å². The van der Waals surface area contributed by atoms with E-state index in [-0.39, 0.29) is 36.7 Å². The second-order valence-corrected chi connectivity index (χ2v) is 6.16. The Balaban J connectivity index is 0.00000225. The molecular weight excluding hydrogens is 341 g/mol. The highest BCUT2D eigenvalue weighted by Crippen LogP contribution is 2.22. The number of hydrogen-bond acceptors (Lipinski definition) is 3. The lowest BCUT2D eigenvalue weighted by molar-refractivity contribution is -0.118. The zero-order chi connectivity index (χ0) is 16.9. The second kappa shape index (κ2) is 8.94. The average molecular weight is 364 g/mol. The summed E-state index contributed by atoms with van der Waals surface area (Å²) in [6, 6.07) is 14.3. The zero-order valence-electron chi connectivity index (χ0n) is 14.2. The van der Waals surface area contributed by atoms with Crippen LogP contribution in [-0.2, 0) is 4.79 Å². The third kappa shape index (κ3) is 5.26. The van der Waals surface area contributed by atoms with Crippen LogP contribution in [0.4, 0.5) is 10.1 Å². The summed E-state index contributed by atoms with van der Waals surface area (Å²) in [5.41, 5.74) is 2.84. The Morgan fingerprint density at radius 1 is 1.28 bits per heavy atom. The maximum atomic E-state index is 13.5.